The molecule has 74 heavy (non-hydrogen) atoms. The van der Waals surface area contributed by atoms with Crippen LogP contribution in [0.2, 0.25) is 0 Å². The third-order valence-corrected chi connectivity index (χ3v) is 13.0. The van der Waals surface area contributed by atoms with E-state index in [1.165, 1.54) is 122 Å². The summed E-state index contributed by atoms with van der Waals surface area (Å²) in [6.07, 6.45) is 83.7. The van der Waals surface area contributed by atoms with Crippen LogP contribution in [0.4, 0.5) is 0 Å². The Hall–Kier alpha value is -3.93. The van der Waals surface area contributed by atoms with Gasteiger partial charge in [0.2, 0.25) is 0 Å². The molecule has 0 bridgehead atoms. The van der Waals surface area contributed by atoms with Crippen molar-refractivity contribution in [2.24, 2.45) is 0 Å². The molecule has 0 radical (unpaired) electrons. The summed E-state index contributed by atoms with van der Waals surface area (Å²) in [5, 5.41) is 0. The average molecular weight is 1030 g/mol. The molecule has 0 N–H and O–H groups in total. The van der Waals surface area contributed by atoms with Gasteiger partial charge in [0.25, 0.3) is 0 Å². The molecule has 0 saturated carbocycles. The topological polar surface area (TPSA) is 78.9 Å². The van der Waals surface area contributed by atoms with Crippen LogP contribution < -0.4 is 0 Å². The van der Waals surface area contributed by atoms with Crippen molar-refractivity contribution < 1.29 is 28.6 Å². The summed E-state index contributed by atoms with van der Waals surface area (Å²) in [4.78, 5) is 38.2. The first-order valence-corrected chi connectivity index (χ1v) is 30.9. The lowest BCUT2D eigenvalue weighted by Crippen LogP contribution is -2.30. The summed E-state index contributed by atoms with van der Waals surface area (Å²) in [6, 6.07) is 0. The van der Waals surface area contributed by atoms with Crippen molar-refractivity contribution in [2.45, 2.75) is 290 Å². The van der Waals surface area contributed by atoms with E-state index in [4.69, 9.17) is 14.2 Å². The van der Waals surface area contributed by atoms with Crippen molar-refractivity contribution in [2.75, 3.05) is 13.2 Å². The second kappa shape index (κ2) is 61.6. The van der Waals surface area contributed by atoms with Gasteiger partial charge in [-0.3, -0.25) is 14.4 Å². The van der Waals surface area contributed by atoms with Crippen LogP contribution in [0.1, 0.15) is 284 Å². The molecule has 0 fully saturated rings. The average Bonchev–Trinajstić information content (AvgIpc) is 3.40. The van der Waals surface area contributed by atoms with Gasteiger partial charge in [0.05, 0.1) is 0 Å². The maximum Gasteiger partial charge on any atom is 0.306 e. The molecule has 0 amide bonds. The van der Waals surface area contributed by atoms with Gasteiger partial charge in [-0.1, -0.05) is 246 Å². The van der Waals surface area contributed by atoms with E-state index in [1.807, 2.05) is 0 Å². The first kappa shape index (κ1) is 70.1. The summed E-state index contributed by atoms with van der Waals surface area (Å²) in [5.74, 6) is -0.913. The van der Waals surface area contributed by atoms with Crippen LogP contribution in [0.5, 0.6) is 0 Å². The number of allylic oxidation sites excluding steroid dienone is 18. The van der Waals surface area contributed by atoms with Gasteiger partial charge in [-0.05, 0) is 128 Å². The lowest BCUT2D eigenvalue weighted by atomic mass is 10.1. The molecular formula is C68H114O6. The Bertz CT molecular complexity index is 1510. The van der Waals surface area contributed by atoms with Crippen LogP contribution in [0.15, 0.2) is 109 Å². The zero-order chi connectivity index (χ0) is 53.6. The maximum atomic E-state index is 12.9. The van der Waals surface area contributed by atoms with Crippen molar-refractivity contribution >= 4 is 17.9 Å². The van der Waals surface area contributed by atoms with Crippen molar-refractivity contribution in [1.29, 1.82) is 0 Å². The van der Waals surface area contributed by atoms with Gasteiger partial charge in [-0.15, -0.1) is 0 Å². The third kappa shape index (κ3) is 59.0. The number of unbranched alkanes of at least 4 members (excludes halogenated alkanes) is 26. The number of esters is 3. The molecule has 0 aromatic rings. The highest BCUT2D eigenvalue weighted by Crippen LogP contribution is 2.15. The van der Waals surface area contributed by atoms with Crippen LogP contribution in [0.25, 0.3) is 0 Å². The maximum absolute atomic E-state index is 12.9. The first-order valence-electron chi connectivity index (χ1n) is 30.9. The van der Waals surface area contributed by atoms with E-state index in [9.17, 15) is 14.4 Å². The van der Waals surface area contributed by atoms with E-state index in [0.29, 0.717) is 19.3 Å². The Labute approximate surface area is 457 Å². The molecule has 0 spiro atoms. The molecule has 422 valence electrons. The van der Waals surface area contributed by atoms with Crippen molar-refractivity contribution in [3.8, 4) is 0 Å². The molecule has 6 heteroatoms. The van der Waals surface area contributed by atoms with Gasteiger partial charge in [0.15, 0.2) is 6.10 Å². The van der Waals surface area contributed by atoms with Crippen molar-refractivity contribution in [1.82, 2.24) is 0 Å². The largest absolute Gasteiger partial charge is 0.462 e. The van der Waals surface area contributed by atoms with E-state index in [1.54, 1.807) is 0 Å². The SMILES string of the molecule is CC/C=C\C/C=C\C/C=C\C/C=C\C/C=C\C/C=C\CCCCCCCCC(=O)OCC(COC(=O)CCCCCCC/C=C\CCCCC)OC(=O)CCCCCCCCCCC/C=C\C/C=C\CCCCC. The van der Waals surface area contributed by atoms with E-state index in [2.05, 4.69) is 130 Å². The Morgan fingerprint density at radius 1 is 0.284 bits per heavy atom. The molecule has 1 atom stereocenters. The minimum Gasteiger partial charge on any atom is -0.462 e. The molecule has 0 saturated heterocycles. The number of ether oxygens (including phenoxy) is 3. The second-order valence-corrected chi connectivity index (χ2v) is 20.2. The molecule has 0 aliphatic heterocycles. The Kier molecular flexibility index (Phi) is 58.3. The number of hydrogen-bond donors (Lipinski definition) is 0. The zero-order valence-electron chi connectivity index (χ0n) is 48.3. The summed E-state index contributed by atoms with van der Waals surface area (Å²) >= 11 is 0. The van der Waals surface area contributed by atoms with Crippen LogP contribution >= 0.6 is 0 Å². The molecule has 0 aliphatic carbocycles. The lowest BCUT2D eigenvalue weighted by Gasteiger charge is -2.18. The normalized spacial score (nSPS) is 12.9. The fourth-order valence-electron chi connectivity index (χ4n) is 8.35. The Morgan fingerprint density at radius 3 is 0.838 bits per heavy atom. The molecule has 0 aromatic carbocycles. The van der Waals surface area contributed by atoms with E-state index < -0.39 is 6.10 Å². The highest BCUT2D eigenvalue weighted by molar-refractivity contribution is 5.71. The van der Waals surface area contributed by atoms with Gasteiger partial charge < -0.3 is 14.2 Å². The fraction of sp³-hybridized carbons (Fsp3) is 0.691. The van der Waals surface area contributed by atoms with Gasteiger partial charge in [0, 0.05) is 19.3 Å². The monoisotopic (exact) mass is 1030 g/mol. The number of carbonyl (C=O) groups is 3. The zero-order valence-corrected chi connectivity index (χ0v) is 48.3. The molecule has 6 nitrogen and oxygen atoms in total. The smallest absolute Gasteiger partial charge is 0.306 e. The van der Waals surface area contributed by atoms with Crippen LogP contribution in [0.3, 0.4) is 0 Å². The molecule has 0 heterocycles. The molecule has 0 aromatic heterocycles. The van der Waals surface area contributed by atoms with Crippen molar-refractivity contribution in [3.05, 3.63) is 109 Å². The van der Waals surface area contributed by atoms with Gasteiger partial charge in [-0.25, -0.2) is 0 Å². The molecular weight excluding hydrogens is 913 g/mol. The number of hydrogen-bond acceptors (Lipinski definition) is 6. The fourth-order valence-corrected chi connectivity index (χ4v) is 8.35. The van der Waals surface area contributed by atoms with Gasteiger partial charge >= 0.3 is 17.9 Å². The molecule has 0 aliphatic rings. The molecule has 0 rings (SSSR count). The summed E-state index contributed by atoms with van der Waals surface area (Å²) in [7, 11) is 0. The number of rotatable bonds is 55. The highest BCUT2D eigenvalue weighted by atomic mass is 16.6. The predicted molar refractivity (Wildman–Crippen MR) is 320 cm³/mol. The van der Waals surface area contributed by atoms with E-state index in [-0.39, 0.29) is 31.1 Å². The standard InChI is InChI=1S/C68H114O6/c1-4-7-10-13-16-19-22-25-27-29-31-32-33-34-35-36-38-39-41-43-46-49-52-55-58-61-67(70)73-64-65(63-72-66(69)60-57-54-51-48-45-24-21-18-15-12-9-6-3)74-68(71)62-59-56-53-50-47-44-42-40-37-30-28-26-23-20-17-14-11-8-5-2/h7,10,16-21,25-28,31-32,34-35,38-39,65H,4-6,8-9,11-15,22-24,29-30,33,36-37,40-64H2,1-3H3/b10-7-,19-16-,20-17-,21-18-,27-25-,28-26-,32-31-,35-34-,39-38-. The van der Waals surface area contributed by atoms with Gasteiger partial charge in [-0.2, -0.15) is 0 Å². The molecule has 1 unspecified atom stereocenters. The Morgan fingerprint density at radius 2 is 0.527 bits per heavy atom. The van der Waals surface area contributed by atoms with Gasteiger partial charge in [0.1, 0.15) is 13.2 Å². The Balaban J connectivity index is 4.37. The number of carbonyl (C=O) groups excluding carboxylic acids is 3. The van der Waals surface area contributed by atoms with Crippen LogP contribution in [-0.2, 0) is 28.6 Å². The van der Waals surface area contributed by atoms with E-state index >= 15 is 0 Å². The quantitative estimate of drug-likeness (QED) is 0.0261. The van der Waals surface area contributed by atoms with Crippen LogP contribution in [-0.4, -0.2) is 37.2 Å². The minimum absolute atomic E-state index is 0.0894. The third-order valence-electron chi connectivity index (χ3n) is 13.0. The predicted octanol–water partition coefficient (Wildman–Crippen LogP) is 21.0. The van der Waals surface area contributed by atoms with E-state index in [0.717, 1.165) is 122 Å². The second-order valence-electron chi connectivity index (χ2n) is 20.2. The van der Waals surface area contributed by atoms with Crippen molar-refractivity contribution in [3.63, 3.8) is 0 Å². The summed E-state index contributed by atoms with van der Waals surface area (Å²) in [6.45, 7) is 6.47. The minimum atomic E-state index is -0.792. The van der Waals surface area contributed by atoms with Crippen LogP contribution in [0, 0.1) is 0 Å². The lowest BCUT2D eigenvalue weighted by molar-refractivity contribution is -0.167. The summed E-state index contributed by atoms with van der Waals surface area (Å²) in [5.41, 5.74) is 0. The first-order chi connectivity index (χ1) is 36.5. The summed E-state index contributed by atoms with van der Waals surface area (Å²) < 4.78 is 16.9. The highest BCUT2D eigenvalue weighted by Gasteiger charge is 2.19.